The monoisotopic (exact) mass is 417 g/mol. The molecule has 0 saturated carbocycles. The van der Waals surface area contributed by atoms with Crippen molar-refractivity contribution in [3.63, 3.8) is 0 Å². The van der Waals surface area contributed by atoms with Gasteiger partial charge in [0, 0.05) is 18.7 Å². The summed E-state index contributed by atoms with van der Waals surface area (Å²) in [5.41, 5.74) is 7.81. The van der Waals surface area contributed by atoms with Gasteiger partial charge in [-0.3, -0.25) is 0 Å². The molecule has 1 aromatic carbocycles. The summed E-state index contributed by atoms with van der Waals surface area (Å²) in [6, 6.07) is 4.84. The van der Waals surface area contributed by atoms with Crippen LogP contribution in [0, 0.1) is 6.92 Å². The van der Waals surface area contributed by atoms with Gasteiger partial charge in [0.05, 0.1) is 16.8 Å². The molecule has 1 aliphatic heterocycles. The number of aromatic nitrogens is 5. The molecule has 1 fully saturated rings. The number of anilines is 1. The van der Waals surface area contributed by atoms with Crippen LogP contribution in [-0.4, -0.2) is 56.7 Å². The molecule has 0 spiro atoms. The zero-order valence-corrected chi connectivity index (χ0v) is 16.5. The first-order valence-electron chi connectivity index (χ1n) is 9.09. The summed E-state index contributed by atoms with van der Waals surface area (Å²) in [6.07, 6.45) is 3.77. The van der Waals surface area contributed by atoms with Crippen LogP contribution in [-0.2, 0) is 10.0 Å². The highest BCUT2D eigenvalue weighted by atomic mass is 32.2. The van der Waals surface area contributed by atoms with E-state index >= 15 is 0 Å². The normalized spacial score (nSPS) is 16.2. The Kier molecular flexibility index (Phi) is 5.01. The molecule has 0 radical (unpaired) electrons. The largest absolute Gasteiger partial charge is 0.381 e. The summed E-state index contributed by atoms with van der Waals surface area (Å²) >= 11 is 0. The van der Waals surface area contributed by atoms with Crippen molar-refractivity contribution in [2.45, 2.75) is 30.8 Å². The summed E-state index contributed by atoms with van der Waals surface area (Å²) in [4.78, 5) is 12.7. The maximum atomic E-state index is 13.4. The first-order valence-corrected chi connectivity index (χ1v) is 10.5. The first-order chi connectivity index (χ1) is 13.9. The lowest BCUT2D eigenvalue weighted by Crippen LogP contribution is -2.39. The van der Waals surface area contributed by atoms with E-state index in [9.17, 15) is 12.8 Å². The molecule has 0 unspecified atom stereocenters. The van der Waals surface area contributed by atoms with Gasteiger partial charge in [-0.15, -0.1) is 0 Å². The number of benzene rings is 1. The molecule has 1 aliphatic rings. The average Bonchev–Trinajstić information content (AvgIpc) is 3.24. The zero-order valence-electron chi connectivity index (χ0n) is 15.7. The van der Waals surface area contributed by atoms with Crippen LogP contribution in [0.25, 0.3) is 17.1 Å². The van der Waals surface area contributed by atoms with E-state index < -0.39 is 16.2 Å². The number of hydrogen-bond donors (Lipinski definition) is 1. The topological polar surface area (TPSA) is 120 Å². The molecule has 2 aromatic heterocycles. The standard InChI is InChI=1S/C18H20FN7O2S/c1-12-2-3-14(29(27,28)25-6-4-13(19)5-7-25)8-15(12)16-9-22-17(20)18(24-16)26-11-21-10-23-26/h2-3,8-11,13H,4-7H2,1H3,(H2,20,22). The van der Waals surface area contributed by atoms with Crippen molar-refractivity contribution < 1.29 is 12.8 Å². The van der Waals surface area contributed by atoms with Gasteiger partial charge in [-0.05, 0) is 37.5 Å². The third kappa shape index (κ3) is 3.70. The van der Waals surface area contributed by atoms with Gasteiger partial charge >= 0.3 is 0 Å². The second-order valence-corrected chi connectivity index (χ2v) is 8.80. The van der Waals surface area contributed by atoms with Crippen molar-refractivity contribution in [2.75, 3.05) is 18.8 Å². The quantitative estimate of drug-likeness (QED) is 0.686. The van der Waals surface area contributed by atoms with E-state index in [2.05, 4.69) is 20.1 Å². The van der Waals surface area contributed by atoms with Crippen molar-refractivity contribution in [1.29, 1.82) is 0 Å². The average molecular weight is 417 g/mol. The van der Waals surface area contributed by atoms with Crippen molar-refractivity contribution in [3.05, 3.63) is 42.6 Å². The third-order valence-corrected chi connectivity index (χ3v) is 6.82. The van der Waals surface area contributed by atoms with Crippen molar-refractivity contribution in [1.82, 2.24) is 29.0 Å². The number of nitrogen functional groups attached to an aromatic ring is 1. The van der Waals surface area contributed by atoms with E-state index in [1.165, 1.54) is 27.8 Å². The Bertz CT molecular complexity index is 1130. The highest BCUT2D eigenvalue weighted by molar-refractivity contribution is 7.89. The fourth-order valence-electron chi connectivity index (χ4n) is 3.26. The molecule has 9 nitrogen and oxygen atoms in total. The predicted molar refractivity (Wildman–Crippen MR) is 104 cm³/mol. The third-order valence-electron chi connectivity index (χ3n) is 4.92. The molecule has 11 heteroatoms. The molecule has 3 heterocycles. The summed E-state index contributed by atoms with van der Waals surface area (Å²) in [7, 11) is -3.73. The minimum Gasteiger partial charge on any atom is -0.381 e. The highest BCUT2D eigenvalue weighted by Crippen LogP contribution is 2.29. The van der Waals surface area contributed by atoms with Gasteiger partial charge in [0.15, 0.2) is 11.6 Å². The van der Waals surface area contributed by atoms with Gasteiger partial charge in [0.2, 0.25) is 10.0 Å². The highest BCUT2D eigenvalue weighted by Gasteiger charge is 2.29. The molecule has 0 bridgehead atoms. The van der Waals surface area contributed by atoms with Crippen LogP contribution in [0.3, 0.4) is 0 Å². The van der Waals surface area contributed by atoms with Crippen LogP contribution in [0.5, 0.6) is 0 Å². The number of sulfonamides is 1. The molecular formula is C18H20FN7O2S. The Balaban J connectivity index is 1.74. The van der Waals surface area contributed by atoms with Crippen molar-refractivity contribution in [3.8, 4) is 17.1 Å². The number of halogens is 1. The number of nitrogens with zero attached hydrogens (tertiary/aromatic N) is 6. The van der Waals surface area contributed by atoms with Crippen LogP contribution in [0.15, 0.2) is 41.9 Å². The van der Waals surface area contributed by atoms with E-state index in [-0.39, 0.29) is 36.6 Å². The summed E-state index contributed by atoms with van der Waals surface area (Å²) in [6.45, 7) is 2.20. The number of aryl methyl sites for hydroxylation is 1. The molecular weight excluding hydrogens is 397 g/mol. The Morgan fingerprint density at radius 3 is 2.69 bits per heavy atom. The van der Waals surface area contributed by atoms with Crippen molar-refractivity contribution >= 4 is 15.8 Å². The van der Waals surface area contributed by atoms with Gasteiger partial charge in [0.25, 0.3) is 0 Å². The first kappa shape index (κ1) is 19.4. The van der Waals surface area contributed by atoms with Crippen LogP contribution in [0.2, 0.25) is 0 Å². The van der Waals surface area contributed by atoms with Gasteiger partial charge in [-0.1, -0.05) is 6.07 Å². The molecule has 0 aliphatic carbocycles. The van der Waals surface area contributed by atoms with E-state index in [1.54, 1.807) is 18.2 Å². The second kappa shape index (κ2) is 7.48. The Morgan fingerprint density at radius 2 is 2.00 bits per heavy atom. The summed E-state index contributed by atoms with van der Waals surface area (Å²) in [5, 5.41) is 4.02. The molecule has 0 atom stereocenters. The number of alkyl halides is 1. The van der Waals surface area contributed by atoms with Crippen molar-refractivity contribution in [2.24, 2.45) is 0 Å². The smallest absolute Gasteiger partial charge is 0.243 e. The molecule has 152 valence electrons. The second-order valence-electron chi connectivity index (χ2n) is 6.86. The Labute approximate surface area is 167 Å². The fraction of sp³-hybridized carbons (Fsp3) is 0.333. The maximum absolute atomic E-state index is 13.4. The molecule has 1 saturated heterocycles. The van der Waals surface area contributed by atoms with Crippen LogP contribution in [0.1, 0.15) is 18.4 Å². The predicted octanol–water partition coefficient (Wildman–Crippen LogP) is 1.74. The Morgan fingerprint density at radius 1 is 1.24 bits per heavy atom. The lowest BCUT2D eigenvalue weighted by atomic mass is 10.1. The van der Waals surface area contributed by atoms with Gasteiger partial charge in [-0.25, -0.2) is 27.8 Å². The lowest BCUT2D eigenvalue weighted by Gasteiger charge is -2.28. The van der Waals surface area contributed by atoms with Crippen LogP contribution in [0.4, 0.5) is 10.2 Å². The van der Waals surface area contributed by atoms with Gasteiger partial charge in [0.1, 0.15) is 18.8 Å². The number of rotatable bonds is 4. The summed E-state index contributed by atoms with van der Waals surface area (Å²) < 4.78 is 42.2. The number of piperidine rings is 1. The zero-order chi connectivity index (χ0) is 20.6. The minimum absolute atomic E-state index is 0.135. The summed E-state index contributed by atoms with van der Waals surface area (Å²) in [5.74, 6) is 0.479. The van der Waals surface area contributed by atoms with Gasteiger partial charge < -0.3 is 5.73 Å². The molecule has 4 rings (SSSR count). The molecule has 0 amide bonds. The fourth-order valence-corrected chi connectivity index (χ4v) is 4.75. The van der Waals surface area contributed by atoms with E-state index in [4.69, 9.17) is 5.73 Å². The van der Waals surface area contributed by atoms with Gasteiger partial charge in [-0.2, -0.15) is 14.1 Å². The molecule has 3 aromatic rings. The maximum Gasteiger partial charge on any atom is 0.243 e. The Hall–Kier alpha value is -2.92. The van der Waals surface area contributed by atoms with Crippen LogP contribution >= 0.6 is 0 Å². The van der Waals surface area contributed by atoms with E-state index in [0.29, 0.717) is 17.1 Å². The molecule has 2 N–H and O–H groups in total. The van der Waals surface area contributed by atoms with E-state index in [0.717, 1.165) is 5.56 Å². The lowest BCUT2D eigenvalue weighted by molar-refractivity contribution is 0.210. The molecule has 29 heavy (non-hydrogen) atoms. The SMILES string of the molecule is Cc1ccc(S(=O)(=O)N2CCC(F)CC2)cc1-c1cnc(N)c(-n2cncn2)n1. The number of hydrogen-bond acceptors (Lipinski definition) is 7. The number of nitrogens with two attached hydrogens (primary N) is 1. The minimum atomic E-state index is -3.73. The van der Waals surface area contributed by atoms with Crippen LogP contribution < -0.4 is 5.73 Å². The van der Waals surface area contributed by atoms with E-state index in [1.807, 2.05) is 6.92 Å².